The molecule has 5 heteroatoms. The van der Waals surface area contributed by atoms with Crippen molar-refractivity contribution >= 4 is 11.0 Å². The molecule has 1 saturated heterocycles. The van der Waals surface area contributed by atoms with Gasteiger partial charge >= 0.3 is 0 Å². The van der Waals surface area contributed by atoms with Gasteiger partial charge in [0.25, 0.3) is 5.56 Å². The van der Waals surface area contributed by atoms with E-state index in [1.807, 2.05) is 11.7 Å². The van der Waals surface area contributed by atoms with E-state index < -0.39 is 0 Å². The van der Waals surface area contributed by atoms with Gasteiger partial charge in [0.15, 0.2) is 0 Å². The maximum absolute atomic E-state index is 12.3. The van der Waals surface area contributed by atoms with E-state index in [-0.39, 0.29) is 5.56 Å². The Morgan fingerprint density at radius 1 is 1.19 bits per heavy atom. The van der Waals surface area contributed by atoms with Gasteiger partial charge in [-0.15, -0.1) is 0 Å². The van der Waals surface area contributed by atoms with Crippen molar-refractivity contribution in [3.05, 3.63) is 27.2 Å². The second-order valence-corrected chi connectivity index (χ2v) is 6.60. The molecule has 2 aromatic rings. The summed E-state index contributed by atoms with van der Waals surface area (Å²) < 4.78 is 1.86. The number of likely N-dealkylation sites (N-methyl/N-ethyl adjacent to an activating group) is 1. The first kappa shape index (κ1) is 13.1. The summed E-state index contributed by atoms with van der Waals surface area (Å²) in [4.78, 5) is 17.7. The van der Waals surface area contributed by atoms with Crippen LogP contribution in [-0.4, -0.2) is 39.8 Å². The maximum Gasteiger partial charge on any atom is 0.253 e. The Labute approximate surface area is 123 Å². The summed E-state index contributed by atoms with van der Waals surface area (Å²) in [5.74, 6) is 0.496. The van der Waals surface area contributed by atoms with Gasteiger partial charge in [-0.25, -0.2) is 0 Å². The lowest BCUT2D eigenvalue weighted by atomic mass is 9.88. The Hall–Kier alpha value is -1.62. The van der Waals surface area contributed by atoms with Gasteiger partial charge in [-0.05, 0) is 51.3 Å². The first-order valence-electron chi connectivity index (χ1n) is 7.94. The largest absolute Gasteiger partial charge is 0.307 e. The van der Waals surface area contributed by atoms with Gasteiger partial charge in [0.1, 0.15) is 5.65 Å². The zero-order valence-corrected chi connectivity index (χ0v) is 12.8. The van der Waals surface area contributed by atoms with Gasteiger partial charge in [-0.3, -0.25) is 9.48 Å². The number of nitrogens with one attached hydrogen (secondary N) is 1. The molecule has 1 fully saturated rings. The van der Waals surface area contributed by atoms with Crippen LogP contribution in [-0.2, 0) is 19.9 Å². The lowest BCUT2D eigenvalue weighted by Crippen LogP contribution is -2.20. The molecule has 0 radical (unpaired) electrons. The zero-order valence-electron chi connectivity index (χ0n) is 12.8. The van der Waals surface area contributed by atoms with E-state index >= 15 is 0 Å². The van der Waals surface area contributed by atoms with Gasteiger partial charge in [0.05, 0.1) is 5.69 Å². The Balaban J connectivity index is 1.98. The highest BCUT2D eigenvalue weighted by molar-refractivity contribution is 5.84. The van der Waals surface area contributed by atoms with E-state index in [0.29, 0.717) is 5.92 Å². The number of hydrogen-bond donors (Lipinski definition) is 1. The minimum absolute atomic E-state index is 0.0929. The molecule has 0 saturated carbocycles. The van der Waals surface area contributed by atoms with Crippen LogP contribution in [0.3, 0.4) is 0 Å². The molecule has 0 amide bonds. The fourth-order valence-corrected chi connectivity index (χ4v) is 4.04. The third kappa shape index (κ3) is 1.94. The van der Waals surface area contributed by atoms with E-state index in [1.54, 1.807) is 0 Å². The van der Waals surface area contributed by atoms with E-state index in [4.69, 9.17) is 5.10 Å². The molecular formula is C16H22N4O. The number of hydrogen-bond acceptors (Lipinski definition) is 3. The SMILES string of the molecule is CN1CCC(c2nn(C)c3[nH]c(=O)c4c(c23)CCCC4)C1. The quantitative estimate of drug-likeness (QED) is 0.865. The first-order valence-corrected chi connectivity index (χ1v) is 7.94. The van der Waals surface area contributed by atoms with Gasteiger partial charge in [-0.2, -0.15) is 5.10 Å². The van der Waals surface area contributed by atoms with Crippen molar-refractivity contribution in [1.29, 1.82) is 0 Å². The number of aromatic nitrogens is 3. The van der Waals surface area contributed by atoms with E-state index in [9.17, 15) is 4.79 Å². The summed E-state index contributed by atoms with van der Waals surface area (Å²) in [7, 11) is 4.11. The third-order valence-corrected chi connectivity index (χ3v) is 5.13. The number of H-pyrrole nitrogens is 1. The molecule has 1 atom stereocenters. The van der Waals surface area contributed by atoms with Crippen molar-refractivity contribution in [1.82, 2.24) is 19.7 Å². The smallest absolute Gasteiger partial charge is 0.253 e. The molecule has 4 rings (SSSR count). The average molecular weight is 286 g/mol. The Morgan fingerprint density at radius 3 is 2.67 bits per heavy atom. The summed E-state index contributed by atoms with van der Waals surface area (Å²) in [6.07, 6.45) is 5.42. The van der Waals surface area contributed by atoms with Crippen LogP contribution in [0.2, 0.25) is 0 Å². The monoisotopic (exact) mass is 286 g/mol. The Bertz CT molecular complexity index is 758. The van der Waals surface area contributed by atoms with Crippen LogP contribution < -0.4 is 5.56 Å². The van der Waals surface area contributed by atoms with E-state index in [2.05, 4.69) is 16.9 Å². The highest BCUT2D eigenvalue weighted by atomic mass is 16.1. The zero-order chi connectivity index (χ0) is 14.6. The Kier molecular flexibility index (Phi) is 2.92. The second-order valence-electron chi connectivity index (χ2n) is 6.60. The van der Waals surface area contributed by atoms with E-state index in [0.717, 1.165) is 50.0 Å². The molecule has 1 N–H and O–H groups in total. The average Bonchev–Trinajstić information content (AvgIpc) is 3.04. The van der Waals surface area contributed by atoms with Gasteiger partial charge in [0.2, 0.25) is 0 Å². The second kappa shape index (κ2) is 4.70. The molecule has 1 unspecified atom stereocenters. The minimum atomic E-state index is 0.0929. The molecule has 0 bridgehead atoms. The van der Waals surface area contributed by atoms with Crippen molar-refractivity contribution in [2.24, 2.45) is 7.05 Å². The van der Waals surface area contributed by atoms with Crippen molar-refractivity contribution in [3.63, 3.8) is 0 Å². The summed E-state index contributed by atoms with van der Waals surface area (Å²) in [6, 6.07) is 0. The van der Waals surface area contributed by atoms with Gasteiger partial charge < -0.3 is 9.88 Å². The lowest BCUT2D eigenvalue weighted by Gasteiger charge is -2.17. The molecule has 0 aromatic carbocycles. The number of fused-ring (bicyclic) bond motifs is 3. The molecule has 5 nitrogen and oxygen atoms in total. The molecule has 112 valence electrons. The molecular weight excluding hydrogens is 264 g/mol. The molecule has 3 heterocycles. The lowest BCUT2D eigenvalue weighted by molar-refractivity contribution is 0.410. The molecule has 21 heavy (non-hydrogen) atoms. The number of aromatic amines is 1. The van der Waals surface area contributed by atoms with Crippen LogP contribution in [0.25, 0.3) is 11.0 Å². The van der Waals surface area contributed by atoms with Crippen LogP contribution in [0.15, 0.2) is 4.79 Å². The van der Waals surface area contributed by atoms with Crippen LogP contribution in [0.5, 0.6) is 0 Å². The molecule has 2 aromatic heterocycles. The standard InChI is InChI=1S/C16H22N4O/c1-19-8-7-10(9-19)14-13-11-5-3-4-6-12(11)16(21)17-15(13)20(2)18-14/h10H,3-9H2,1-2H3,(H,17,21). The maximum atomic E-state index is 12.3. The van der Waals surface area contributed by atoms with E-state index in [1.165, 1.54) is 23.1 Å². The topological polar surface area (TPSA) is 53.9 Å². The highest BCUT2D eigenvalue weighted by Gasteiger charge is 2.29. The third-order valence-electron chi connectivity index (χ3n) is 5.13. The number of pyridine rings is 1. The highest BCUT2D eigenvalue weighted by Crippen LogP contribution is 2.34. The molecule has 2 aliphatic rings. The number of aryl methyl sites for hydroxylation is 2. The fraction of sp³-hybridized carbons (Fsp3) is 0.625. The summed E-state index contributed by atoms with van der Waals surface area (Å²) in [5.41, 5.74) is 4.48. The van der Waals surface area contributed by atoms with Crippen molar-refractivity contribution in [2.75, 3.05) is 20.1 Å². The molecule has 1 aliphatic carbocycles. The fourth-order valence-electron chi connectivity index (χ4n) is 4.04. The number of rotatable bonds is 1. The predicted molar refractivity (Wildman–Crippen MR) is 82.8 cm³/mol. The van der Waals surface area contributed by atoms with Crippen LogP contribution >= 0.6 is 0 Å². The van der Waals surface area contributed by atoms with Crippen molar-refractivity contribution in [3.8, 4) is 0 Å². The summed E-state index contributed by atoms with van der Waals surface area (Å²) in [6.45, 7) is 2.20. The number of nitrogens with zero attached hydrogens (tertiary/aromatic N) is 3. The van der Waals surface area contributed by atoms with Crippen molar-refractivity contribution in [2.45, 2.75) is 38.0 Å². The van der Waals surface area contributed by atoms with Crippen LogP contribution in [0, 0.1) is 0 Å². The van der Waals surface area contributed by atoms with Gasteiger partial charge in [-0.1, -0.05) is 0 Å². The molecule has 1 aliphatic heterocycles. The van der Waals surface area contributed by atoms with Crippen molar-refractivity contribution < 1.29 is 0 Å². The Morgan fingerprint density at radius 2 is 1.95 bits per heavy atom. The van der Waals surface area contributed by atoms with Crippen LogP contribution in [0.4, 0.5) is 0 Å². The summed E-state index contributed by atoms with van der Waals surface area (Å²) >= 11 is 0. The van der Waals surface area contributed by atoms with Crippen LogP contribution in [0.1, 0.15) is 42.0 Å². The predicted octanol–water partition coefficient (Wildman–Crippen LogP) is 1.56. The molecule has 0 spiro atoms. The summed E-state index contributed by atoms with van der Waals surface area (Å²) in [5, 5.41) is 6.02. The minimum Gasteiger partial charge on any atom is -0.307 e. The normalized spacial score (nSPS) is 22.9. The first-order chi connectivity index (χ1) is 10.1. The number of likely N-dealkylation sites (tertiary alicyclic amines) is 1. The van der Waals surface area contributed by atoms with Gasteiger partial charge in [0, 0.05) is 30.5 Å².